The maximum Gasteiger partial charge on any atom is 0.340 e. The lowest BCUT2D eigenvalue weighted by atomic mass is 9.78. The molecule has 2 atom stereocenters. The molecule has 3 rings (SSSR count). The Balaban J connectivity index is 1.57. The average Bonchev–Trinajstić information content (AvgIpc) is 2.59. The second-order valence-corrected chi connectivity index (χ2v) is 7.22. The van der Waals surface area contributed by atoms with Crippen molar-refractivity contribution in [1.29, 1.82) is 0 Å². The first-order valence-corrected chi connectivity index (χ1v) is 9.01. The van der Waals surface area contributed by atoms with Gasteiger partial charge in [0.05, 0.1) is 5.56 Å². The summed E-state index contributed by atoms with van der Waals surface area (Å²) in [7, 11) is 0. The summed E-state index contributed by atoms with van der Waals surface area (Å²) in [4.78, 5) is 30.4. The highest BCUT2D eigenvalue weighted by Gasteiger charge is 2.35. The van der Waals surface area contributed by atoms with Crippen LogP contribution in [0.5, 0.6) is 0 Å². The molecule has 1 amide bonds. The van der Waals surface area contributed by atoms with Crippen molar-refractivity contribution in [3.8, 4) is 0 Å². The van der Waals surface area contributed by atoms with Gasteiger partial charge in [-0.05, 0) is 53.6 Å². The summed E-state index contributed by atoms with van der Waals surface area (Å²) in [5.74, 6) is 0.0497. The summed E-state index contributed by atoms with van der Waals surface area (Å²) >= 11 is 3.27. The Kier molecular flexibility index (Phi) is 5.30. The Morgan fingerprint density at radius 3 is 2.83 bits per heavy atom. The molecule has 6 heteroatoms. The number of aromatic nitrogens is 1. The van der Waals surface area contributed by atoms with Crippen LogP contribution < -0.4 is 0 Å². The first-order chi connectivity index (χ1) is 11.1. The minimum Gasteiger partial charge on any atom is -0.452 e. The zero-order chi connectivity index (χ0) is 16.2. The summed E-state index contributed by atoms with van der Waals surface area (Å²) in [6.07, 6.45) is 10.1. The third-order valence-corrected chi connectivity index (χ3v) is 5.26. The van der Waals surface area contributed by atoms with E-state index in [0.29, 0.717) is 22.0 Å². The number of nitrogens with zero attached hydrogens (tertiary/aromatic N) is 2. The standard InChI is InChI=1S/C17H21BrN2O3/c18-14-8-13(9-19-10-14)17(22)23-11-16(21)20-7-3-5-12-4-1-2-6-15(12)20/h8-10,12,15H,1-7,11H2/t12-,15-/m0/s1. The number of pyridine rings is 1. The number of hydrogen-bond donors (Lipinski definition) is 0. The fourth-order valence-corrected chi connectivity index (χ4v) is 4.12. The van der Waals surface area contributed by atoms with E-state index in [1.54, 1.807) is 12.3 Å². The van der Waals surface area contributed by atoms with E-state index in [2.05, 4.69) is 20.9 Å². The van der Waals surface area contributed by atoms with Gasteiger partial charge in [-0.25, -0.2) is 4.79 Å². The predicted octanol–water partition coefficient (Wildman–Crippen LogP) is 3.18. The van der Waals surface area contributed by atoms with Gasteiger partial charge in [0.1, 0.15) is 0 Å². The van der Waals surface area contributed by atoms with Crippen LogP contribution in [0.25, 0.3) is 0 Å². The van der Waals surface area contributed by atoms with Gasteiger partial charge in [0, 0.05) is 29.5 Å². The van der Waals surface area contributed by atoms with Crippen LogP contribution in [-0.4, -0.2) is 41.0 Å². The monoisotopic (exact) mass is 380 g/mol. The number of halogens is 1. The predicted molar refractivity (Wildman–Crippen MR) is 88.9 cm³/mol. The molecule has 1 aromatic rings. The number of piperidine rings is 1. The van der Waals surface area contributed by atoms with Crippen molar-refractivity contribution in [3.63, 3.8) is 0 Å². The molecule has 2 aliphatic rings. The van der Waals surface area contributed by atoms with Crippen LogP contribution in [0.1, 0.15) is 48.9 Å². The molecule has 124 valence electrons. The van der Waals surface area contributed by atoms with Crippen LogP contribution >= 0.6 is 15.9 Å². The van der Waals surface area contributed by atoms with Gasteiger partial charge in [0.25, 0.3) is 5.91 Å². The summed E-state index contributed by atoms with van der Waals surface area (Å²) in [6, 6.07) is 1.98. The maximum absolute atomic E-state index is 12.5. The van der Waals surface area contributed by atoms with Crippen LogP contribution in [0.15, 0.2) is 22.9 Å². The molecule has 1 saturated heterocycles. The smallest absolute Gasteiger partial charge is 0.340 e. The van der Waals surface area contributed by atoms with Gasteiger partial charge in [-0.15, -0.1) is 0 Å². The van der Waals surface area contributed by atoms with E-state index in [-0.39, 0.29) is 12.5 Å². The SMILES string of the molecule is O=C(OCC(=O)N1CCC[C@@H]2CCCC[C@@H]21)c1cncc(Br)c1. The minimum atomic E-state index is -0.510. The molecular weight excluding hydrogens is 360 g/mol. The first kappa shape index (κ1) is 16.4. The van der Waals surface area contributed by atoms with Gasteiger partial charge in [-0.3, -0.25) is 9.78 Å². The highest BCUT2D eigenvalue weighted by atomic mass is 79.9. The van der Waals surface area contributed by atoms with Gasteiger partial charge in [-0.2, -0.15) is 0 Å². The highest BCUT2D eigenvalue weighted by Crippen LogP contribution is 2.35. The number of likely N-dealkylation sites (tertiary alicyclic amines) is 1. The average molecular weight is 381 g/mol. The fraction of sp³-hybridized carbons (Fsp3) is 0.588. The summed E-state index contributed by atoms with van der Waals surface area (Å²) in [5, 5.41) is 0. The molecule has 0 unspecified atom stereocenters. The Labute approximate surface area is 144 Å². The molecule has 1 saturated carbocycles. The van der Waals surface area contributed by atoms with Crippen molar-refractivity contribution < 1.29 is 14.3 Å². The van der Waals surface area contributed by atoms with Crippen LogP contribution in [0.3, 0.4) is 0 Å². The summed E-state index contributed by atoms with van der Waals surface area (Å²) in [6.45, 7) is 0.602. The molecule has 2 fully saturated rings. The van der Waals surface area contributed by atoms with Crippen LogP contribution in [0.4, 0.5) is 0 Å². The third-order valence-electron chi connectivity index (χ3n) is 4.83. The van der Waals surface area contributed by atoms with E-state index in [0.717, 1.165) is 19.4 Å². The molecule has 0 N–H and O–H groups in total. The second-order valence-electron chi connectivity index (χ2n) is 6.31. The lowest BCUT2D eigenvalue weighted by molar-refractivity contribution is -0.140. The fourth-order valence-electron chi connectivity index (χ4n) is 3.75. The van der Waals surface area contributed by atoms with Crippen molar-refractivity contribution in [2.45, 2.75) is 44.6 Å². The lowest BCUT2D eigenvalue weighted by Crippen LogP contribution is -2.50. The van der Waals surface area contributed by atoms with Crippen molar-refractivity contribution in [3.05, 3.63) is 28.5 Å². The van der Waals surface area contributed by atoms with Crippen molar-refractivity contribution in [2.75, 3.05) is 13.2 Å². The van der Waals surface area contributed by atoms with E-state index in [9.17, 15) is 9.59 Å². The Morgan fingerprint density at radius 1 is 1.22 bits per heavy atom. The van der Waals surface area contributed by atoms with Gasteiger partial charge >= 0.3 is 5.97 Å². The van der Waals surface area contributed by atoms with E-state index in [1.807, 2.05) is 4.90 Å². The Bertz CT molecular complexity index is 591. The zero-order valence-electron chi connectivity index (χ0n) is 13.0. The Hall–Kier alpha value is -1.43. The number of hydrogen-bond acceptors (Lipinski definition) is 4. The quantitative estimate of drug-likeness (QED) is 0.755. The van der Waals surface area contributed by atoms with Crippen molar-refractivity contribution in [1.82, 2.24) is 9.88 Å². The molecule has 0 spiro atoms. The molecule has 5 nitrogen and oxygen atoms in total. The number of carbonyl (C=O) groups is 2. The maximum atomic E-state index is 12.5. The largest absolute Gasteiger partial charge is 0.452 e. The van der Waals surface area contributed by atoms with E-state index >= 15 is 0 Å². The van der Waals surface area contributed by atoms with Gasteiger partial charge in [-0.1, -0.05) is 12.8 Å². The van der Waals surface area contributed by atoms with Crippen LogP contribution in [-0.2, 0) is 9.53 Å². The number of rotatable bonds is 3. The third kappa shape index (κ3) is 3.91. The van der Waals surface area contributed by atoms with Crippen molar-refractivity contribution in [2.24, 2.45) is 5.92 Å². The second kappa shape index (κ2) is 7.43. The summed E-state index contributed by atoms with van der Waals surface area (Å²) in [5.41, 5.74) is 0.348. The molecule has 23 heavy (non-hydrogen) atoms. The molecule has 1 aliphatic heterocycles. The van der Waals surface area contributed by atoms with E-state index in [1.165, 1.54) is 31.9 Å². The molecule has 0 aromatic carbocycles. The van der Waals surface area contributed by atoms with Gasteiger partial charge in [0.15, 0.2) is 6.61 Å². The minimum absolute atomic E-state index is 0.0714. The number of carbonyl (C=O) groups excluding carboxylic acids is 2. The number of amides is 1. The first-order valence-electron chi connectivity index (χ1n) is 8.22. The van der Waals surface area contributed by atoms with Crippen molar-refractivity contribution >= 4 is 27.8 Å². The van der Waals surface area contributed by atoms with Gasteiger partial charge in [0.2, 0.25) is 0 Å². The highest BCUT2D eigenvalue weighted by molar-refractivity contribution is 9.10. The molecular formula is C17H21BrN2O3. The van der Waals surface area contributed by atoms with E-state index < -0.39 is 5.97 Å². The zero-order valence-corrected chi connectivity index (χ0v) is 14.6. The number of esters is 1. The number of fused-ring (bicyclic) bond motifs is 1. The molecule has 0 bridgehead atoms. The Morgan fingerprint density at radius 2 is 2.00 bits per heavy atom. The molecule has 1 aliphatic carbocycles. The topological polar surface area (TPSA) is 59.5 Å². The molecule has 0 radical (unpaired) electrons. The molecule has 1 aromatic heterocycles. The number of ether oxygens (including phenoxy) is 1. The van der Waals surface area contributed by atoms with Crippen LogP contribution in [0, 0.1) is 5.92 Å². The normalized spacial score (nSPS) is 24.0. The lowest BCUT2D eigenvalue weighted by Gasteiger charge is -2.44. The van der Waals surface area contributed by atoms with E-state index in [4.69, 9.17) is 4.74 Å². The molecule has 2 heterocycles. The van der Waals surface area contributed by atoms with Gasteiger partial charge < -0.3 is 9.64 Å². The van der Waals surface area contributed by atoms with Crippen LogP contribution in [0.2, 0.25) is 0 Å². The summed E-state index contributed by atoms with van der Waals surface area (Å²) < 4.78 is 5.89.